The van der Waals surface area contributed by atoms with Crippen molar-refractivity contribution >= 4 is 0 Å². The molecule has 1 aliphatic rings. The highest BCUT2D eigenvalue weighted by Gasteiger charge is 2.35. The summed E-state index contributed by atoms with van der Waals surface area (Å²) >= 11 is 0. The summed E-state index contributed by atoms with van der Waals surface area (Å²) in [6, 6.07) is 17.8. The molecule has 1 fully saturated rings. The molecule has 0 radical (unpaired) electrons. The van der Waals surface area contributed by atoms with Crippen molar-refractivity contribution in [3.05, 3.63) is 65.7 Å². The smallest absolute Gasteiger partial charge is 0.118 e. The Morgan fingerprint density at radius 3 is 2.42 bits per heavy atom. The predicted molar refractivity (Wildman–Crippen MR) is 98.0 cm³/mol. The lowest BCUT2D eigenvalue weighted by Crippen LogP contribution is -2.27. The summed E-state index contributed by atoms with van der Waals surface area (Å²) in [6.45, 7) is 1.48. The van der Waals surface area contributed by atoms with Crippen LogP contribution in [0.25, 0.3) is 0 Å². The number of hydrogen-bond donors (Lipinski definition) is 1. The molecule has 140 valence electrons. The Balaban J connectivity index is 1.44. The van der Waals surface area contributed by atoms with Crippen LogP contribution in [0.1, 0.15) is 17.5 Å². The average Bonchev–Trinajstić information content (AvgIpc) is 3.09. The van der Waals surface area contributed by atoms with E-state index in [-0.39, 0.29) is 24.9 Å². The number of aliphatic hydroxyl groups excluding tert-OH is 1. The first-order valence-corrected chi connectivity index (χ1v) is 8.91. The van der Waals surface area contributed by atoms with Gasteiger partial charge in [0.1, 0.15) is 11.9 Å². The topological polar surface area (TPSA) is 57.2 Å². The molecule has 0 unspecified atom stereocenters. The molecule has 1 aliphatic heterocycles. The fraction of sp³-hybridized carbons (Fsp3) is 0.429. The second-order valence-corrected chi connectivity index (χ2v) is 6.41. The zero-order valence-corrected chi connectivity index (χ0v) is 15.0. The van der Waals surface area contributed by atoms with Crippen molar-refractivity contribution in [2.45, 2.75) is 37.9 Å². The molecule has 3 rings (SSSR count). The third-order valence-corrected chi connectivity index (χ3v) is 4.50. The number of aliphatic hydroxyl groups is 1. The van der Waals surface area contributed by atoms with Gasteiger partial charge in [0.2, 0.25) is 0 Å². The van der Waals surface area contributed by atoms with Gasteiger partial charge in [0, 0.05) is 6.42 Å². The standard InChI is InChI=1S/C21H26O5/c1-23-18-9-7-17(8-10-18)14-25-20-11-19(26-21(20)12-22)15-24-13-16-5-3-2-4-6-16/h2-10,19-22H,11-15H2,1H3/t19-,20-,21-/m0/s1. The summed E-state index contributed by atoms with van der Waals surface area (Å²) in [4.78, 5) is 0. The van der Waals surface area contributed by atoms with Crippen molar-refractivity contribution < 1.29 is 24.1 Å². The van der Waals surface area contributed by atoms with Crippen molar-refractivity contribution in [2.75, 3.05) is 20.3 Å². The Kier molecular flexibility index (Phi) is 7.03. The third-order valence-electron chi connectivity index (χ3n) is 4.50. The van der Waals surface area contributed by atoms with E-state index in [1.165, 1.54) is 0 Å². The quantitative estimate of drug-likeness (QED) is 0.747. The van der Waals surface area contributed by atoms with Gasteiger partial charge in [0.05, 0.1) is 45.7 Å². The van der Waals surface area contributed by atoms with Crippen LogP contribution in [0.5, 0.6) is 5.75 Å². The van der Waals surface area contributed by atoms with Crippen LogP contribution in [-0.4, -0.2) is 43.7 Å². The molecule has 0 aliphatic carbocycles. The number of rotatable bonds is 9. The maximum Gasteiger partial charge on any atom is 0.118 e. The van der Waals surface area contributed by atoms with Gasteiger partial charge in [-0.1, -0.05) is 42.5 Å². The minimum atomic E-state index is -0.307. The number of benzene rings is 2. The molecule has 2 aromatic rings. The van der Waals surface area contributed by atoms with Gasteiger partial charge in [-0.25, -0.2) is 0 Å². The third kappa shape index (κ3) is 5.29. The highest BCUT2D eigenvalue weighted by Crippen LogP contribution is 2.25. The van der Waals surface area contributed by atoms with Gasteiger partial charge in [0.15, 0.2) is 0 Å². The summed E-state index contributed by atoms with van der Waals surface area (Å²) in [5.74, 6) is 0.821. The zero-order valence-electron chi connectivity index (χ0n) is 15.0. The molecule has 2 aromatic carbocycles. The first-order valence-electron chi connectivity index (χ1n) is 8.91. The lowest BCUT2D eigenvalue weighted by atomic mass is 10.1. The van der Waals surface area contributed by atoms with Crippen molar-refractivity contribution in [3.63, 3.8) is 0 Å². The summed E-state index contributed by atoms with van der Waals surface area (Å²) in [6.07, 6.45) is 0.221. The molecular weight excluding hydrogens is 332 g/mol. The van der Waals surface area contributed by atoms with Crippen LogP contribution in [0.2, 0.25) is 0 Å². The van der Waals surface area contributed by atoms with E-state index in [9.17, 15) is 5.11 Å². The SMILES string of the molecule is COc1ccc(CO[C@H]2C[C@@H](COCc3ccccc3)O[C@H]2CO)cc1. The Bertz CT molecular complexity index is 643. The van der Waals surface area contributed by atoms with Crippen molar-refractivity contribution in [3.8, 4) is 5.75 Å². The Hall–Kier alpha value is -1.92. The molecule has 26 heavy (non-hydrogen) atoms. The lowest BCUT2D eigenvalue weighted by Gasteiger charge is -2.17. The average molecular weight is 358 g/mol. The van der Waals surface area contributed by atoms with E-state index in [2.05, 4.69) is 0 Å². The van der Waals surface area contributed by atoms with Crippen molar-refractivity contribution in [2.24, 2.45) is 0 Å². The van der Waals surface area contributed by atoms with E-state index >= 15 is 0 Å². The van der Waals surface area contributed by atoms with Crippen molar-refractivity contribution in [1.82, 2.24) is 0 Å². The van der Waals surface area contributed by atoms with Crippen LogP contribution >= 0.6 is 0 Å². The van der Waals surface area contributed by atoms with Crippen LogP contribution in [0, 0.1) is 0 Å². The minimum absolute atomic E-state index is 0.0531. The molecule has 5 nitrogen and oxygen atoms in total. The van der Waals surface area contributed by atoms with Crippen molar-refractivity contribution in [1.29, 1.82) is 0 Å². The van der Waals surface area contributed by atoms with E-state index in [1.54, 1.807) is 7.11 Å². The number of hydrogen-bond acceptors (Lipinski definition) is 5. The molecule has 5 heteroatoms. The first-order chi connectivity index (χ1) is 12.8. The molecule has 3 atom stereocenters. The largest absolute Gasteiger partial charge is 0.497 e. The van der Waals surface area contributed by atoms with E-state index in [0.717, 1.165) is 23.3 Å². The van der Waals surface area contributed by atoms with Crippen LogP contribution in [0.3, 0.4) is 0 Å². The van der Waals surface area contributed by atoms with E-state index in [0.29, 0.717) is 19.8 Å². The van der Waals surface area contributed by atoms with E-state index < -0.39 is 0 Å². The molecule has 1 saturated heterocycles. The minimum Gasteiger partial charge on any atom is -0.497 e. The Labute approximate surface area is 154 Å². The molecule has 0 aromatic heterocycles. The molecule has 0 bridgehead atoms. The van der Waals surface area contributed by atoms with Gasteiger partial charge in [0.25, 0.3) is 0 Å². The molecule has 0 spiro atoms. The van der Waals surface area contributed by atoms with Gasteiger partial charge in [-0.05, 0) is 23.3 Å². The fourth-order valence-electron chi connectivity index (χ4n) is 3.05. The maximum absolute atomic E-state index is 9.56. The predicted octanol–water partition coefficient (Wildman–Crippen LogP) is 2.95. The second-order valence-electron chi connectivity index (χ2n) is 6.41. The van der Waals surface area contributed by atoms with Crippen LogP contribution in [-0.2, 0) is 27.4 Å². The molecule has 1 heterocycles. The van der Waals surface area contributed by atoms with Crippen LogP contribution in [0.4, 0.5) is 0 Å². The second kappa shape index (κ2) is 9.69. The Morgan fingerprint density at radius 2 is 1.73 bits per heavy atom. The monoisotopic (exact) mass is 358 g/mol. The first kappa shape index (κ1) is 18.9. The van der Waals surface area contributed by atoms with Gasteiger partial charge >= 0.3 is 0 Å². The van der Waals surface area contributed by atoms with E-state index in [1.807, 2.05) is 54.6 Å². The highest BCUT2D eigenvalue weighted by atomic mass is 16.6. The molecule has 0 saturated carbocycles. The lowest BCUT2D eigenvalue weighted by molar-refractivity contribution is -0.0666. The van der Waals surface area contributed by atoms with Gasteiger partial charge in [-0.3, -0.25) is 0 Å². The van der Waals surface area contributed by atoms with Crippen LogP contribution < -0.4 is 4.74 Å². The highest BCUT2D eigenvalue weighted by molar-refractivity contribution is 5.26. The summed E-state index contributed by atoms with van der Waals surface area (Å²) in [7, 11) is 1.65. The molecule has 1 N–H and O–H groups in total. The Morgan fingerprint density at radius 1 is 1.00 bits per heavy atom. The number of methoxy groups -OCH3 is 1. The summed E-state index contributed by atoms with van der Waals surface area (Å²) in [5.41, 5.74) is 2.20. The van der Waals surface area contributed by atoms with Crippen LogP contribution in [0.15, 0.2) is 54.6 Å². The molecule has 0 amide bonds. The normalized spacial score (nSPS) is 22.5. The fourth-order valence-corrected chi connectivity index (χ4v) is 3.05. The maximum atomic E-state index is 9.56. The van der Waals surface area contributed by atoms with Gasteiger partial charge < -0.3 is 24.1 Å². The summed E-state index contributed by atoms with van der Waals surface area (Å²) in [5, 5.41) is 9.56. The zero-order chi connectivity index (χ0) is 18.2. The van der Waals surface area contributed by atoms with Gasteiger partial charge in [-0.2, -0.15) is 0 Å². The van der Waals surface area contributed by atoms with E-state index in [4.69, 9.17) is 18.9 Å². The van der Waals surface area contributed by atoms with Gasteiger partial charge in [-0.15, -0.1) is 0 Å². The summed E-state index contributed by atoms with van der Waals surface area (Å²) < 4.78 is 22.8. The molecular formula is C21H26O5. The number of ether oxygens (including phenoxy) is 4.